The van der Waals surface area contributed by atoms with Crippen molar-refractivity contribution in [2.24, 2.45) is 5.92 Å². The maximum Gasteiger partial charge on any atom is 0.0541 e. The minimum atomic E-state index is -0.0356. The first-order valence-electron chi connectivity index (χ1n) is 6.61. The fourth-order valence-electron chi connectivity index (χ4n) is 2.75. The lowest BCUT2D eigenvalue weighted by atomic mass is 9.90. The van der Waals surface area contributed by atoms with E-state index in [1.54, 1.807) is 0 Å². The molecule has 0 aliphatic heterocycles. The maximum absolute atomic E-state index is 9.43. The van der Waals surface area contributed by atoms with Crippen LogP contribution in [0.15, 0.2) is 0 Å². The van der Waals surface area contributed by atoms with Gasteiger partial charge in [-0.05, 0) is 38.5 Å². The highest BCUT2D eigenvalue weighted by Gasteiger charge is 2.22. The normalized spacial score (nSPS) is 29.4. The molecule has 1 unspecified atom stereocenters. The third kappa shape index (κ3) is 4.12. The molecule has 1 rings (SSSR count). The van der Waals surface area contributed by atoms with Crippen molar-refractivity contribution in [3.8, 4) is 0 Å². The van der Waals surface area contributed by atoms with E-state index in [0.29, 0.717) is 12.1 Å². The zero-order chi connectivity index (χ0) is 11.3. The van der Waals surface area contributed by atoms with Gasteiger partial charge in [-0.2, -0.15) is 0 Å². The smallest absolute Gasteiger partial charge is 0.0541 e. The Balaban J connectivity index is 2.28. The molecule has 15 heavy (non-hydrogen) atoms. The topological polar surface area (TPSA) is 32.3 Å². The fourth-order valence-corrected chi connectivity index (χ4v) is 2.75. The Morgan fingerprint density at radius 1 is 1.13 bits per heavy atom. The number of nitrogens with one attached hydrogen (secondary N) is 1. The average Bonchev–Trinajstić information content (AvgIpc) is 2.23. The summed E-state index contributed by atoms with van der Waals surface area (Å²) in [4.78, 5) is 0. The van der Waals surface area contributed by atoms with Crippen LogP contribution in [0.1, 0.15) is 59.3 Å². The van der Waals surface area contributed by atoms with Crippen LogP contribution in [-0.4, -0.2) is 23.3 Å². The van der Waals surface area contributed by atoms with Gasteiger partial charge in [0.25, 0.3) is 0 Å². The van der Waals surface area contributed by atoms with Crippen molar-refractivity contribution in [3.05, 3.63) is 0 Å². The number of aliphatic hydroxyl groups is 1. The standard InChI is InChI=1S/C13H27NO/c1-4-11(5-2)10(3)14-12-6-8-13(15)9-7-12/h10-15H,4-9H2,1-3H3. The molecule has 0 radical (unpaired) electrons. The molecule has 2 nitrogen and oxygen atoms in total. The summed E-state index contributed by atoms with van der Waals surface area (Å²) in [6.07, 6.45) is 6.74. The number of hydrogen-bond acceptors (Lipinski definition) is 2. The van der Waals surface area contributed by atoms with Crippen LogP contribution in [-0.2, 0) is 0 Å². The summed E-state index contributed by atoms with van der Waals surface area (Å²) in [7, 11) is 0. The third-order valence-electron chi connectivity index (χ3n) is 3.95. The molecule has 0 aromatic carbocycles. The molecular weight excluding hydrogens is 186 g/mol. The highest BCUT2D eigenvalue weighted by atomic mass is 16.3. The Morgan fingerprint density at radius 2 is 1.67 bits per heavy atom. The maximum atomic E-state index is 9.43. The summed E-state index contributed by atoms with van der Waals surface area (Å²) in [5.41, 5.74) is 0. The van der Waals surface area contributed by atoms with Crippen molar-refractivity contribution in [1.29, 1.82) is 0 Å². The molecule has 0 saturated heterocycles. The van der Waals surface area contributed by atoms with Crippen LogP contribution in [0, 0.1) is 5.92 Å². The van der Waals surface area contributed by atoms with Crippen molar-refractivity contribution in [2.75, 3.05) is 0 Å². The Bertz CT molecular complexity index is 160. The van der Waals surface area contributed by atoms with Crippen molar-refractivity contribution < 1.29 is 5.11 Å². The molecule has 0 heterocycles. The van der Waals surface area contributed by atoms with Crippen molar-refractivity contribution in [1.82, 2.24) is 5.32 Å². The van der Waals surface area contributed by atoms with Gasteiger partial charge in [0.2, 0.25) is 0 Å². The number of hydrogen-bond donors (Lipinski definition) is 2. The van der Waals surface area contributed by atoms with Crippen LogP contribution in [0.4, 0.5) is 0 Å². The van der Waals surface area contributed by atoms with Crippen LogP contribution in [0.5, 0.6) is 0 Å². The van der Waals surface area contributed by atoms with Crippen LogP contribution < -0.4 is 5.32 Å². The van der Waals surface area contributed by atoms with Crippen LogP contribution >= 0.6 is 0 Å². The van der Waals surface area contributed by atoms with Gasteiger partial charge in [-0.1, -0.05) is 26.7 Å². The Labute approximate surface area is 94.5 Å². The molecule has 0 bridgehead atoms. The zero-order valence-electron chi connectivity index (χ0n) is 10.5. The molecular formula is C13H27NO. The van der Waals surface area contributed by atoms with Gasteiger partial charge < -0.3 is 10.4 Å². The van der Waals surface area contributed by atoms with Crippen molar-refractivity contribution in [2.45, 2.75) is 77.5 Å². The van der Waals surface area contributed by atoms with Crippen molar-refractivity contribution in [3.63, 3.8) is 0 Å². The van der Waals surface area contributed by atoms with E-state index in [0.717, 1.165) is 31.6 Å². The van der Waals surface area contributed by atoms with Gasteiger partial charge in [-0.25, -0.2) is 0 Å². The van der Waals surface area contributed by atoms with Gasteiger partial charge in [0.1, 0.15) is 0 Å². The SMILES string of the molecule is CCC(CC)C(C)NC1CCC(O)CC1. The van der Waals surface area contributed by atoms with E-state index < -0.39 is 0 Å². The lowest BCUT2D eigenvalue weighted by Crippen LogP contribution is -2.43. The van der Waals surface area contributed by atoms with Crippen LogP contribution in [0.25, 0.3) is 0 Å². The fraction of sp³-hybridized carbons (Fsp3) is 1.00. The summed E-state index contributed by atoms with van der Waals surface area (Å²) in [5.74, 6) is 0.803. The highest BCUT2D eigenvalue weighted by Crippen LogP contribution is 2.21. The predicted molar refractivity (Wildman–Crippen MR) is 64.9 cm³/mol. The summed E-state index contributed by atoms with van der Waals surface area (Å²) in [6, 6.07) is 1.27. The molecule has 2 heteroatoms. The van der Waals surface area contributed by atoms with Gasteiger partial charge in [0.15, 0.2) is 0 Å². The molecule has 1 aliphatic rings. The minimum absolute atomic E-state index is 0.0356. The first kappa shape index (κ1) is 13.0. The first-order chi connectivity index (χ1) is 7.17. The molecule has 90 valence electrons. The average molecular weight is 213 g/mol. The highest BCUT2D eigenvalue weighted by molar-refractivity contribution is 4.81. The van der Waals surface area contributed by atoms with Gasteiger partial charge in [-0.15, -0.1) is 0 Å². The van der Waals surface area contributed by atoms with E-state index in [1.165, 1.54) is 12.8 Å². The Morgan fingerprint density at radius 3 is 2.13 bits per heavy atom. The molecule has 1 atom stereocenters. The van der Waals surface area contributed by atoms with Gasteiger partial charge in [-0.3, -0.25) is 0 Å². The third-order valence-corrected chi connectivity index (χ3v) is 3.95. The summed E-state index contributed by atoms with van der Waals surface area (Å²) in [5, 5.41) is 13.2. The van der Waals surface area contributed by atoms with E-state index >= 15 is 0 Å². The minimum Gasteiger partial charge on any atom is -0.393 e. The largest absolute Gasteiger partial charge is 0.393 e. The summed E-state index contributed by atoms with van der Waals surface area (Å²) < 4.78 is 0. The summed E-state index contributed by atoms with van der Waals surface area (Å²) in [6.45, 7) is 6.86. The van der Waals surface area contributed by atoms with E-state index in [9.17, 15) is 5.11 Å². The first-order valence-corrected chi connectivity index (χ1v) is 6.61. The van der Waals surface area contributed by atoms with E-state index in [4.69, 9.17) is 0 Å². The van der Waals surface area contributed by atoms with Crippen LogP contribution in [0.3, 0.4) is 0 Å². The lowest BCUT2D eigenvalue weighted by Gasteiger charge is -2.32. The van der Waals surface area contributed by atoms with Gasteiger partial charge in [0, 0.05) is 12.1 Å². The molecule has 2 N–H and O–H groups in total. The summed E-state index contributed by atoms with van der Waals surface area (Å²) >= 11 is 0. The second-order valence-corrected chi connectivity index (χ2v) is 5.04. The van der Waals surface area contributed by atoms with Crippen molar-refractivity contribution >= 4 is 0 Å². The van der Waals surface area contributed by atoms with Crippen LogP contribution in [0.2, 0.25) is 0 Å². The molecule has 0 amide bonds. The Hall–Kier alpha value is -0.0800. The van der Waals surface area contributed by atoms with Gasteiger partial charge in [0.05, 0.1) is 6.10 Å². The second-order valence-electron chi connectivity index (χ2n) is 5.04. The number of rotatable bonds is 5. The molecule has 0 aromatic heterocycles. The second kappa shape index (κ2) is 6.49. The van der Waals surface area contributed by atoms with E-state index in [-0.39, 0.29) is 6.10 Å². The lowest BCUT2D eigenvalue weighted by molar-refractivity contribution is 0.112. The molecule has 1 saturated carbocycles. The van der Waals surface area contributed by atoms with E-state index in [1.807, 2.05) is 0 Å². The quantitative estimate of drug-likeness (QED) is 0.736. The molecule has 0 spiro atoms. The predicted octanol–water partition coefficient (Wildman–Crippen LogP) is 2.70. The van der Waals surface area contributed by atoms with E-state index in [2.05, 4.69) is 26.1 Å². The monoisotopic (exact) mass is 213 g/mol. The zero-order valence-corrected chi connectivity index (χ0v) is 10.5. The molecule has 0 aromatic rings. The van der Waals surface area contributed by atoms with Gasteiger partial charge >= 0.3 is 0 Å². The number of aliphatic hydroxyl groups excluding tert-OH is 1. The Kier molecular flexibility index (Phi) is 5.62. The molecule has 1 fully saturated rings. The molecule has 1 aliphatic carbocycles.